The van der Waals surface area contributed by atoms with E-state index >= 15 is 0 Å². The molecule has 0 aromatic heterocycles. The van der Waals surface area contributed by atoms with Gasteiger partial charge in [0.15, 0.2) is 0 Å². The number of carbonyl (C=O) groups excluding carboxylic acids is 1. The molecule has 19 heavy (non-hydrogen) atoms. The Hall–Kier alpha value is -0.610. The van der Waals surface area contributed by atoms with Crippen molar-refractivity contribution < 1.29 is 4.79 Å². The van der Waals surface area contributed by atoms with E-state index in [2.05, 4.69) is 25.7 Å². The van der Waals surface area contributed by atoms with Crippen molar-refractivity contribution in [3.05, 3.63) is 0 Å². The summed E-state index contributed by atoms with van der Waals surface area (Å²) >= 11 is 0. The minimum Gasteiger partial charge on any atom is -0.343 e. The lowest BCUT2D eigenvalue weighted by Crippen LogP contribution is -2.46. The predicted molar refractivity (Wildman–Crippen MR) is 80.0 cm³/mol. The van der Waals surface area contributed by atoms with Crippen LogP contribution < -0.4 is 5.73 Å². The van der Waals surface area contributed by atoms with Crippen LogP contribution in [0.5, 0.6) is 0 Å². The molecular weight excluding hydrogens is 238 g/mol. The maximum atomic E-state index is 12.2. The third-order valence-corrected chi connectivity index (χ3v) is 4.31. The topological polar surface area (TPSA) is 49.6 Å². The third-order valence-electron chi connectivity index (χ3n) is 4.31. The Bertz CT molecular complexity index is 264. The summed E-state index contributed by atoms with van der Waals surface area (Å²) in [6.07, 6.45) is 4.07. The molecule has 0 aromatic rings. The lowest BCUT2D eigenvalue weighted by atomic mass is 10.1. The molecule has 0 radical (unpaired) electrons. The van der Waals surface area contributed by atoms with Gasteiger partial charge in [-0.25, -0.2) is 0 Å². The number of nitrogens with zero attached hydrogens (tertiary/aromatic N) is 2. The fourth-order valence-corrected chi connectivity index (χ4v) is 2.72. The van der Waals surface area contributed by atoms with Gasteiger partial charge < -0.3 is 10.6 Å². The van der Waals surface area contributed by atoms with Crippen LogP contribution in [0.3, 0.4) is 0 Å². The van der Waals surface area contributed by atoms with Gasteiger partial charge >= 0.3 is 0 Å². The van der Waals surface area contributed by atoms with Crippen molar-refractivity contribution >= 4 is 5.91 Å². The molecule has 0 aliphatic carbocycles. The highest BCUT2D eigenvalue weighted by molar-refractivity contribution is 5.77. The van der Waals surface area contributed by atoms with Crippen molar-refractivity contribution in [2.45, 2.75) is 52.5 Å². The van der Waals surface area contributed by atoms with E-state index in [9.17, 15) is 4.79 Å². The monoisotopic (exact) mass is 269 g/mol. The van der Waals surface area contributed by atoms with Gasteiger partial charge in [0, 0.05) is 38.6 Å². The molecule has 112 valence electrons. The number of amides is 1. The van der Waals surface area contributed by atoms with Gasteiger partial charge in [-0.15, -0.1) is 0 Å². The van der Waals surface area contributed by atoms with Crippen LogP contribution in [0.4, 0.5) is 0 Å². The van der Waals surface area contributed by atoms with Gasteiger partial charge in [0.2, 0.25) is 5.91 Å². The van der Waals surface area contributed by atoms with Gasteiger partial charge in [-0.1, -0.05) is 27.2 Å². The highest BCUT2D eigenvalue weighted by Crippen LogP contribution is 2.14. The van der Waals surface area contributed by atoms with Crippen LogP contribution in [-0.4, -0.2) is 54.5 Å². The molecule has 2 unspecified atom stereocenters. The Morgan fingerprint density at radius 2 is 1.95 bits per heavy atom. The molecule has 0 aromatic carbocycles. The molecule has 1 fully saturated rings. The van der Waals surface area contributed by atoms with E-state index in [4.69, 9.17) is 5.73 Å². The molecule has 2 N–H and O–H groups in total. The highest BCUT2D eigenvalue weighted by Gasteiger charge is 2.24. The maximum absolute atomic E-state index is 12.2. The van der Waals surface area contributed by atoms with Crippen LogP contribution in [0.25, 0.3) is 0 Å². The summed E-state index contributed by atoms with van der Waals surface area (Å²) in [4.78, 5) is 16.6. The Morgan fingerprint density at radius 3 is 2.42 bits per heavy atom. The molecule has 1 aliphatic heterocycles. The van der Waals surface area contributed by atoms with Gasteiger partial charge in [0.1, 0.15) is 0 Å². The van der Waals surface area contributed by atoms with Gasteiger partial charge in [0.25, 0.3) is 0 Å². The van der Waals surface area contributed by atoms with Crippen molar-refractivity contribution in [2.24, 2.45) is 11.7 Å². The zero-order chi connectivity index (χ0) is 14.3. The normalized spacial score (nSPS) is 18.9. The summed E-state index contributed by atoms with van der Waals surface area (Å²) in [5, 5.41) is 0. The molecular formula is C15H31N3O. The van der Waals surface area contributed by atoms with Crippen LogP contribution in [0.15, 0.2) is 0 Å². The second-order valence-electron chi connectivity index (χ2n) is 5.78. The maximum Gasteiger partial charge on any atom is 0.224 e. The van der Waals surface area contributed by atoms with Crippen molar-refractivity contribution in [3.63, 3.8) is 0 Å². The number of likely N-dealkylation sites (tertiary alicyclic amines) is 1. The molecule has 4 nitrogen and oxygen atoms in total. The minimum absolute atomic E-state index is 0.201. The van der Waals surface area contributed by atoms with Crippen molar-refractivity contribution in [2.75, 3.05) is 32.7 Å². The number of carbonyl (C=O) groups is 1. The molecule has 0 spiro atoms. The number of hydrogen-bond donors (Lipinski definition) is 1. The summed E-state index contributed by atoms with van der Waals surface area (Å²) in [5.41, 5.74) is 5.90. The van der Waals surface area contributed by atoms with E-state index < -0.39 is 0 Å². The van der Waals surface area contributed by atoms with Gasteiger partial charge in [-0.05, 0) is 25.3 Å². The molecule has 1 rings (SSSR count). The first-order valence-corrected chi connectivity index (χ1v) is 7.84. The molecule has 1 heterocycles. The van der Waals surface area contributed by atoms with Crippen molar-refractivity contribution in [3.8, 4) is 0 Å². The summed E-state index contributed by atoms with van der Waals surface area (Å²) in [6.45, 7) is 11.1. The fraction of sp³-hybridized carbons (Fsp3) is 0.933. The zero-order valence-electron chi connectivity index (χ0n) is 12.9. The minimum atomic E-state index is 0.201. The van der Waals surface area contributed by atoms with Crippen LogP contribution in [0.1, 0.15) is 46.5 Å². The molecule has 0 saturated carbocycles. The molecule has 4 heteroatoms. The Balaban J connectivity index is 2.51. The predicted octanol–water partition coefficient (Wildman–Crippen LogP) is 1.69. The third kappa shape index (κ3) is 5.11. The van der Waals surface area contributed by atoms with Gasteiger partial charge in [-0.3, -0.25) is 9.69 Å². The second-order valence-corrected chi connectivity index (χ2v) is 5.78. The van der Waals surface area contributed by atoms with E-state index in [1.54, 1.807) is 0 Å². The molecule has 0 bridgehead atoms. The Morgan fingerprint density at radius 1 is 1.32 bits per heavy atom. The van der Waals surface area contributed by atoms with Gasteiger partial charge in [0.05, 0.1) is 0 Å². The second kappa shape index (κ2) is 8.54. The van der Waals surface area contributed by atoms with Crippen LogP contribution in [0.2, 0.25) is 0 Å². The average Bonchev–Trinajstić information content (AvgIpc) is 2.96. The number of hydrogen-bond acceptors (Lipinski definition) is 3. The smallest absolute Gasteiger partial charge is 0.224 e. The zero-order valence-corrected chi connectivity index (χ0v) is 12.9. The van der Waals surface area contributed by atoms with E-state index in [1.807, 2.05) is 4.90 Å². The largest absolute Gasteiger partial charge is 0.343 e. The van der Waals surface area contributed by atoms with E-state index in [0.29, 0.717) is 18.9 Å². The number of rotatable bonds is 8. The highest BCUT2D eigenvalue weighted by atomic mass is 16.2. The summed E-state index contributed by atoms with van der Waals surface area (Å²) in [6, 6.07) is 0.201. The number of likely N-dealkylation sites (N-methyl/N-ethyl adjacent to an activating group) is 1. The lowest BCUT2D eigenvalue weighted by Gasteiger charge is -2.32. The van der Waals surface area contributed by atoms with Crippen LogP contribution in [-0.2, 0) is 4.79 Å². The molecule has 1 amide bonds. The molecule has 2 atom stereocenters. The van der Waals surface area contributed by atoms with E-state index in [0.717, 1.165) is 39.0 Å². The standard InChI is InChI=1S/C15H31N3O/c1-4-13(3)12-17(5-2)14(11-16)10-15(19)18-8-6-7-9-18/h13-14H,4-12,16H2,1-3H3. The van der Waals surface area contributed by atoms with Gasteiger partial charge in [-0.2, -0.15) is 0 Å². The van der Waals surface area contributed by atoms with E-state index in [-0.39, 0.29) is 11.9 Å². The first-order chi connectivity index (χ1) is 9.12. The lowest BCUT2D eigenvalue weighted by molar-refractivity contribution is -0.131. The van der Waals surface area contributed by atoms with Crippen molar-refractivity contribution in [1.82, 2.24) is 9.80 Å². The quantitative estimate of drug-likeness (QED) is 0.729. The Kier molecular flexibility index (Phi) is 7.39. The first kappa shape index (κ1) is 16.4. The summed E-state index contributed by atoms with van der Waals surface area (Å²) in [7, 11) is 0. The first-order valence-electron chi connectivity index (χ1n) is 7.84. The van der Waals surface area contributed by atoms with E-state index in [1.165, 1.54) is 6.42 Å². The molecule has 1 aliphatic rings. The Labute approximate surface area is 118 Å². The number of nitrogens with two attached hydrogens (primary N) is 1. The summed E-state index contributed by atoms with van der Waals surface area (Å²) < 4.78 is 0. The summed E-state index contributed by atoms with van der Waals surface area (Å²) in [5.74, 6) is 0.950. The van der Waals surface area contributed by atoms with Crippen LogP contribution in [0, 0.1) is 5.92 Å². The fourth-order valence-electron chi connectivity index (χ4n) is 2.72. The molecule has 1 saturated heterocycles. The van der Waals surface area contributed by atoms with Crippen LogP contribution >= 0.6 is 0 Å². The SMILES string of the molecule is CCC(C)CN(CC)C(CN)CC(=O)N1CCCC1. The average molecular weight is 269 g/mol. The van der Waals surface area contributed by atoms with Crippen molar-refractivity contribution in [1.29, 1.82) is 0 Å².